The Kier molecular flexibility index (Phi) is 6.81. The van der Waals surface area contributed by atoms with Crippen LogP contribution in [0.4, 0.5) is 0 Å². The zero-order valence-electron chi connectivity index (χ0n) is 15.8. The molecule has 1 heterocycles. The molecule has 0 amide bonds. The lowest BCUT2D eigenvalue weighted by molar-refractivity contribution is -0.118. The van der Waals surface area contributed by atoms with Gasteiger partial charge in [0.1, 0.15) is 11.5 Å². The first-order valence-corrected chi connectivity index (χ1v) is 10.7. The van der Waals surface area contributed by atoms with Crippen molar-refractivity contribution in [1.29, 1.82) is 0 Å². The highest BCUT2D eigenvalue weighted by Crippen LogP contribution is 2.21. The second-order valence-corrected chi connectivity index (χ2v) is 10.5. The first-order valence-electron chi connectivity index (χ1n) is 9.06. The van der Waals surface area contributed by atoms with Crippen LogP contribution in [0.15, 0.2) is 47.1 Å². The van der Waals surface area contributed by atoms with Gasteiger partial charge in [-0.25, -0.2) is 8.42 Å². The van der Waals surface area contributed by atoms with Crippen molar-refractivity contribution in [3.05, 3.63) is 48.2 Å². The Morgan fingerprint density at radius 2 is 1.81 bits per heavy atom. The number of unbranched alkanes of at least 4 members (excludes halogenated alkanes) is 2. The zero-order valence-corrected chi connectivity index (χ0v) is 16.6. The van der Waals surface area contributed by atoms with Gasteiger partial charge in [-0.2, -0.15) is 0 Å². The van der Waals surface area contributed by atoms with E-state index < -0.39 is 14.6 Å². The fourth-order valence-electron chi connectivity index (χ4n) is 2.69. The van der Waals surface area contributed by atoms with E-state index in [2.05, 4.69) is 0 Å². The van der Waals surface area contributed by atoms with E-state index in [1.165, 1.54) is 0 Å². The number of carbonyl (C=O) groups excluding carboxylic acids is 1. The molecule has 0 fully saturated rings. The van der Waals surface area contributed by atoms with Crippen LogP contribution < -0.4 is 0 Å². The van der Waals surface area contributed by atoms with Gasteiger partial charge < -0.3 is 4.42 Å². The maximum Gasteiger partial charge on any atom is 0.155 e. The van der Waals surface area contributed by atoms with Crippen molar-refractivity contribution in [1.82, 2.24) is 0 Å². The highest BCUT2D eigenvalue weighted by atomic mass is 32.2. The average Bonchev–Trinajstić information content (AvgIpc) is 3.08. The summed E-state index contributed by atoms with van der Waals surface area (Å²) in [7, 11) is -3.07. The van der Waals surface area contributed by atoms with Gasteiger partial charge in [0.25, 0.3) is 0 Å². The van der Waals surface area contributed by atoms with Crippen molar-refractivity contribution in [3.8, 4) is 11.3 Å². The molecule has 142 valence electrons. The molecule has 2 aromatic rings. The van der Waals surface area contributed by atoms with Gasteiger partial charge in [0.05, 0.1) is 16.8 Å². The molecule has 0 aliphatic heterocycles. The van der Waals surface area contributed by atoms with E-state index in [1.807, 2.05) is 36.4 Å². The largest absolute Gasteiger partial charge is 0.464 e. The Morgan fingerprint density at radius 3 is 2.46 bits per heavy atom. The molecular weight excluding hydrogens is 348 g/mol. The van der Waals surface area contributed by atoms with Gasteiger partial charge in [-0.3, -0.25) is 4.79 Å². The molecule has 26 heavy (non-hydrogen) atoms. The smallest absolute Gasteiger partial charge is 0.155 e. The van der Waals surface area contributed by atoms with Crippen LogP contribution in [0.3, 0.4) is 0 Å². The summed E-state index contributed by atoms with van der Waals surface area (Å²) in [6.45, 7) is 5.17. The van der Waals surface area contributed by atoms with E-state index in [0.29, 0.717) is 19.3 Å². The van der Waals surface area contributed by atoms with Gasteiger partial charge in [0.2, 0.25) is 0 Å². The number of ketones is 1. The third-order valence-electron chi connectivity index (χ3n) is 4.44. The summed E-state index contributed by atoms with van der Waals surface area (Å²) in [6.07, 6.45) is 4.62. The molecule has 4 nitrogen and oxygen atoms in total. The molecule has 0 bridgehead atoms. The van der Waals surface area contributed by atoms with Crippen molar-refractivity contribution in [2.45, 2.75) is 57.6 Å². The number of hydrogen-bond acceptors (Lipinski definition) is 4. The number of Topliss-reactive ketones (excluding diaryl/α,β-unsaturated/α-hetero) is 1. The molecule has 0 N–H and O–H groups in total. The molecule has 0 aliphatic carbocycles. The minimum atomic E-state index is -3.07. The second kappa shape index (κ2) is 8.67. The predicted molar refractivity (Wildman–Crippen MR) is 105 cm³/mol. The topological polar surface area (TPSA) is 64.3 Å². The summed E-state index contributed by atoms with van der Waals surface area (Å²) < 4.78 is 28.8. The van der Waals surface area contributed by atoms with Crippen LogP contribution in [0.1, 0.15) is 52.0 Å². The lowest BCUT2D eigenvalue weighted by atomic mass is 10.0. The monoisotopic (exact) mass is 376 g/mol. The number of furan rings is 1. The summed E-state index contributed by atoms with van der Waals surface area (Å²) in [5, 5.41) is 0. The second-order valence-electron chi connectivity index (χ2n) is 7.64. The minimum absolute atomic E-state index is 0.181. The van der Waals surface area contributed by atoms with Gasteiger partial charge in [-0.15, -0.1) is 0 Å². The third kappa shape index (κ3) is 5.84. The van der Waals surface area contributed by atoms with Crippen molar-refractivity contribution in [2.24, 2.45) is 0 Å². The van der Waals surface area contributed by atoms with Gasteiger partial charge >= 0.3 is 0 Å². The average molecular weight is 377 g/mol. The minimum Gasteiger partial charge on any atom is -0.464 e. The summed E-state index contributed by atoms with van der Waals surface area (Å²) in [6, 6.07) is 11.5. The maximum atomic E-state index is 12.2. The molecule has 0 saturated carbocycles. The van der Waals surface area contributed by atoms with Gasteiger partial charge in [-0.05, 0) is 57.4 Å². The highest BCUT2D eigenvalue weighted by molar-refractivity contribution is 7.92. The molecule has 0 aliphatic rings. The van der Waals surface area contributed by atoms with Crippen molar-refractivity contribution in [3.63, 3.8) is 0 Å². The number of sulfone groups is 1. The molecule has 1 aromatic heterocycles. The lowest BCUT2D eigenvalue weighted by Crippen LogP contribution is -2.30. The van der Waals surface area contributed by atoms with Crippen LogP contribution in [-0.2, 0) is 21.1 Å². The molecule has 2 rings (SSSR count). The summed E-state index contributed by atoms with van der Waals surface area (Å²) in [5.41, 5.74) is 1.94. The molecule has 5 heteroatoms. The van der Waals surface area contributed by atoms with E-state index in [-0.39, 0.29) is 11.5 Å². The fourth-order valence-corrected chi connectivity index (χ4v) is 3.89. The summed E-state index contributed by atoms with van der Waals surface area (Å²) in [4.78, 5) is 12.2. The van der Waals surface area contributed by atoms with Crippen molar-refractivity contribution >= 4 is 15.6 Å². The molecule has 1 aromatic carbocycles. The molecule has 0 radical (unpaired) electrons. The quantitative estimate of drug-likeness (QED) is 0.588. The third-order valence-corrected chi connectivity index (χ3v) is 7.13. The van der Waals surface area contributed by atoms with Gasteiger partial charge in [-0.1, -0.05) is 24.6 Å². The Bertz CT molecular complexity index is 812. The Balaban J connectivity index is 1.75. The van der Waals surface area contributed by atoms with E-state index in [9.17, 15) is 13.2 Å². The first kappa shape index (κ1) is 20.4. The molecular formula is C21H28O4S. The Labute approximate surface area is 156 Å². The van der Waals surface area contributed by atoms with Crippen molar-refractivity contribution < 1.29 is 17.6 Å². The Morgan fingerprint density at radius 1 is 1.04 bits per heavy atom. The molecule has 0 spiro atoms. The van der Waals surface area contributed by atoms with E-state index in [0.717, 1.165) is 29.7 Å². The van der Waals surface area contributed by atoms with E-state index in [4.69, 9.17) is 4.42 Å². The summed E-state index contributed by atoms with van der Waals surface area (Å²) >= 11 is 0. The standard InChI is InChI=1S/C21H28O4S/c1-21(2,3)26(23,24)14-6-4-5-11-19(22)16-17-9-7-10-18(15-17)20-12-8-13-25-20/h7-10,12-13,15H,4-6,11,14,16H2,1-3H3. The number of rotatable bonds is 9. The van der Waals surface area contributed by atoms with E-state index in [1.54, 1.807) is 27.0 Å². The molecule has 0 unspecified atom stereocenters. The van der Waals surface area contributed by atoms with Crippen LogP contribution in [0.2, 0.25) is 0 Å². The van der Waals surface area contributed by atoms with Gasteiger partial charge in [0.15, 0.2) is 9.84 Å². The highest BCUT2D eigenvalue weighted by Gasteiger charge is 2.27. The van der Waals surface area contributed by atoms with Gasteiger partial charge in [0, 0.05) is 18.4 Å². The van der Waals surface area contributed by atoms with E-state index >= 15 is 0 Å². The predicted octanol–water partition coefficient (Wildman–Crippen LogP) is 4.83. The molecule has 0 saturated heterocycles. The number of hydrogen-bond donors (Lipinski definition) is 0. The van der Waals surface area contributed by atoms with Crippen LogP contribution >= 0.6 is 0 Å². The SMILES string of the molecule is CC(C)(C)S(=O)(=O)CCCCCC(=O)Cc1cccc(-c2ccco2)c1. The lowest BCUT2D eigenvalue weighted by Gasteiger charge is -2.18. The normalized spacial score (nSPS) is 12.3. The number of carbonyl (C=O) groups is 1. The summed E-state index contributed by atoms with van der Waals surface area (Å²) in [5.74, 6) is 1.16. The first-order chi connectivity index (χ1) is 12.2. The van der Waals surface area contributed by atoms with Crippen LogP contribution in [-0.4, -0.2) is 24.7 Å². The maximum absolute atomic E-state index is 12.2. The number of benzene rings is 1. The van der Waals surface area contributed by atoms with Crippen LogP contribution in [0.25, 0.3) is 11.3 Å². The Hall–Kier alpha value is -1.88. The molecule has 0 atom stereocenters. The van der Waals surface area contributed by atoms with Crippen LogP contribution in [0, 0.1) is 0 Å². The fraction of sp³-hybridized carbons (Fsp3) is 0.476. The van der Waals surface area contributed by atoms with Crippen molar-refractivity contribution in [2.75, 3.05) is 5.75 Å². The van der Waals surface area contributed by atoms with Crippen LogP contribution in [0.5, 0.6) is 0 Å². The zero-order chi connectivity index (χ0) is 19.2.